The van der Waals surface area contributed by atoms with Gasteiger partial charge in [0, 0.05) is 62.3 Å². The van der Waals surface area contributed by atoms with E-state index in [9.17, 15) is 0 Å². The molecule has 0 radical (unpaired) electrons. The number of nitrogens with two attached hydrogens (primary N) is 1. The van der Waals surface area contributed by atoms with Gasteiger partial charge in [0.25, 0.3) is 0 Å². The average molecular weight is 403 g/mol. The number of rotatable bonds is 3. The van der Waals surface area contributed by atoms with Gasteiger partial charge in [0.1, 0.15) is 0 Å². The molecule has 0 bridgehead atoms. The van der Waals surface area contributed by atoms with E-state index in [-0.39, 0.29) is 0 Å². The van der Waals surface area contributed by atoms with Gasteiger partial charge in [-0.25, -0.2) is 9.97 Å². The van der Waals surface area contributed by atoms with Crippen LogP contribution in [0.2, 0.25) is 5.02 Å². The van der Waals surface area contributed by atoms with Gasteiger partial charge in [-0.2, -0.15) is 0 Å². The highest BCUT2D eigenvalue weighted by Crippen LogP contribution is 2.36. The number of piperazine rings is 1. The first kappa shape index (κ1) is 19.2. The van der Waals surface area contributed by atoms with E-state index in [2.05, 4.69) is 38.6 Å². The second-order valence-corrected chi connectivity index (χ2v) is 7.94. The van der Waals surface area contributed by atoms with E-state index < -0.39 is 0 Å². The molecule has 1 atom stereocenters. The smallest absolute Gasteiger partial charge is 0.225 e. The van der Waals surface area contributed by atoms with Crippen molar-refractivity contribution in [3.63, 3.8) is 0 Å². The standard InChI is InChI=1S/C20H27ClN6O/c1-14-13-27(4-3-25(14)2)19-10-17(21)16(9-18(19)22)15-11-23-20(24-12-15)26-5-7-28-8-6-26/h9-12,14H,3-8,13,22H2,1-2H3/t14-/m0/s1. The Bertz CT molecular complexity index is 824. The summed E-state index contributed by atoms with van der Waals surface area (Å²) in [6.45, 7) is 8.16. The van der Waals surface area contributed by atoms with Crippen molar-refractivity contribution < 1.29 is 4.74 Å². The largest absolute Gasteiger partial charge is 0.397 e. The highest BCUT2D eigenvalue weighted by atomic mass is 35.5. The van der Waals surface area contributed by atoms with Crippen LogP contribution in [0, 0.1) is 0 Å². The van der Waals surface area contributed by atoms with Gasteiger partial charge in [-0.05, 0) is 26.1 Å². The van der Waals surface area contributed by atoms with E-state index in [1.165, 1.54) is 0 Å². The number of hydrogen-bond donors (Lipinski definition) is 1. The summed E-state index contributed by atoms with van der Waals surface area (Å²) in [7, 11) is 2.15. The first-order valence-electron chi connectivity index (χ1n) is 9.72. The van der Waals surface area contributed by atoms with E-state index in [4.69, 9.17) is 22.1 Å². The van der Waals surface area contributed by atoms with Crippen molar-refractivity contribution in [2.24, 2.45) is 0 Å². The van der Waals surface area contributed by atoms with Crippen LogP contribution in [0.15, 0.2) is 24.5 Å². The first-order valence-corrected chi connectivity index (χ1v) is 10.1. The number of nitrogen functional groups attached to an aromatic ring is 1. The fourth-order valence-corrected chi connectivity index (χ4v) is 4.00. The van der Waals surface area contributed by atoms with E-state index in [0.717, 1.165) is 61.2 Å². The minimum absolute atomic E-state index is 0.479. The Kier molecular flexibility index (Phi) is 5.57. The van der Waals surface area contributed by atoms with Crippen LogP contribution in [0.25, 0.3) is 11.1 Å². The van der Waals surface area contributed by atoms with Crippen LogP contribution in [0.5, 0.6) is 0 Å². The summed E-state index contributed by atoms with van der Waals surface area (Å²) in [6.07, 6.45) is 3.63. The van der Waals surface area contributed by atoms with E-state index in [0.29, 0.717) is 24.3 Å². The van der Waals surface area contributed by atoms with E-state index in [1.807, 2.05) is 24.5 Å². The van der Waals surface area contributed by atoms with Crippen molar-refractivity contribution in [2.75, 3.05) is 68.5 Å². The second kappa shape index (κ2) is 8.11. The molecule has 0 amide bonds. The molecule has 28 heavy (non-hydrogen) atoms. The van der Waals surface area contributed by atoms with Gasteiger partial charge in [-0.15, -0.1) is 0 Å². The first-order chi connectivity index (χ1) is 13.5. The quantitative estimate of drug-likeness (QED) is 0.790. The Hall–Kier alpha value is -2.09. The Morgan fingerprint density at radius 2 is 1.79 bits per heavy atom. The van der Waals surface area contributed by atoms with Crippen molar-refractivity contribution in [3.05, 3.63) is 29.5 Å². The number of benzene rings is 1. The van der Waals surface area contributed by atoms with Crippen LogP contribution in [-0.2, 0) is 4.74 Å². The van der Waals surface area contributed by atoms with Crippen LogP contribution in [0.4, 0.5) is 17.3 Å². The molecule has 2 aromatic rings. The number of likely N-dealkylation sites (N-methyl/N-ethyl adjacent to an activating group) is 1. The van der Waals surface area contributed by atoms with Gasteiger partial charge in [0.2, 0.25) is 5.95 Å². The molecule has 0 saturated carbocycles. The number of aromatic nitrogens is 2. The number of hydrogen-bond acceptors (Lipinski definition) is 7. The summed E-state index contributed by atoms with van der Waals surface area (Å²) in [5.41, 5.74) is 9.87. The summed E-state index contributed by atoms with van der Waals surface area (Å²) in [5.74, 6) is 0.721. The molecule has 7 nitrogen and oxygen atoms in total. The lowest BCUT2D eigenvalue weighted by atomic mass is 10.1. The zero-order valence-corrected chi connectivity index (χ0v) is 17.2. The zero-order chi connectivity index (χ0) is 19.7. The highest BCUT2D eigenvalue weighted by molar-refractivity contribution is 6.33. The molecule has 0 spiro atoms. The maximum atomic E-state index is 6.63. The summed E-state index contributed by atoms with van der Waals surface area (Å²) in [5, 5.41) is 0.665. The predicted molar refractivity (Wildman–Crippen MR) is 114 cm³/mol. The third-order valence-corrected chi connectivity index (χ3v) is 5.97. The summed E-state index contributed by atoms with van der Waals surface area (Å²) >= 11 is 6.63. The maximum absolute atomic E-state index is 6.63. The number of ether oxygens (including phenoxy) is 1. The van der Waals surface area contributed by atoms with Gasteiger partial charge in [-0.3, -0.25) is 0 Å². The number of morpholine rings is 1. The molecular formula is C20H27ClN6O. The van der Waals surface area contributed by atoms with Crippen molar-refractivity contribution in [3.8, 4) is 11.1 Å². The lowest BCUT2D eigenvalue weighted by Gasteiger charge is -2.39. The maximum Gasteiger partial charge on any atom is 0.225 e. The predicted octanol–water partition coefficient (Wildman–Crippen LogP) is 2.36. The Balaban J connectivity index is 1.56. The average Bonchev–Trinajstić information content (AvgIpc) is 2.72. The Morgan fingerprint density at radius 3 is 2.46 bits per heavy atom. The molecule has 4 rings (SSSR count). The fourth-order valence-electron chi connectivity index (χ4n) is 3.73. The molecule has 150 valence electrons. The lowest BCUT2D eigenvalue weighted by molar-refractivity contribution is 0.122. The van der Waals surface area contributed by atoms with Crippen molar-refractivity contribution >= 4 is 28.9 Å². The molecule has 0 unspecified atom stereocenters. The summed E-state index contributed by atoms with van der Waals surface area (Å²) in [6, 6.07) is 4.39. The minimum atomic E-state index is 0.479. The molecule has 2 aliphatic heterocycles. The Morgan fingerprint density at radius 1 is 1.07 bits per heavy atom. The molecule has 1 aromatic heterocycles. The number of anilines is 3. The molecule has 2 saturated heterocycles. The van der Waals surface area contributed by atoms with Gasteiger partial charge in [0.05, 0.1) is 29.6 Å². The fraction of sp³-hybridized carbons (Fsp3) is 0.500. The molecule has 2 N–H and O–H groups in total. The van der Waals surface area contributed by atoms with Crippen LogP contribution in [-0.4, -0.2) is 73.9 Å². The molecule has 1 aromatic carbocycles. The van der Waals surface area contributed by atoms with Crippen LogP contribution < -0.4 is 15.5 Å². The van der Waals surface area contributed by atoms with E-state index >= 15 is 0 Å². The van der Waals surface area contributed by atoms with Gasteiger partial charge in [-0.1, -0.05) is 11.6 Å². The third-order valence-electron chi connectivity index (χ3n) is 5.66. The number of nitrogens with zero attached hydrogens (tertiary/aromatic N) is 5. The second-order valence-electron chi connectivity index (χ2n) is 7.54. The highest BCUT2D eigenvalue weighted by Gasteiger charge is 2.23. The third kappa shape index (κ3) is 3.87. The monoisotopic (exact) mass is 402 g/mol. The van der Waals surface area contributed by atoms with Crippen LogP contribution in [0.1, 0.15) is 6.92 Å². The van der Waals surface area contributed by atoms with Gasteiger partial charge in [0.15, 0.2) is 0 Å². The Labute approximate surface area is 171 Å². The molecule has 2 aliphatic rings. The summed E-state index contributed by atoms with van der Waals surface area (Å²) in [4.78, 5) is 15.8. The molecular weight excluding hydrogens is 376 g/mol. The molecule has 3 heterocycles. The lowest BCUT2D eigenvalue weighted by Crippen LogP contribution is -2.50. The molecule has 2 fully saturated rings. The zero-order valence-electron chi connectivity index (χ0n) is 16.4. The van der Waals surface area contributed by atoms with Crippen molar-refractivity contribution in [1.29, 1.82) is 0 Å². The molecule has 0 aliphatic carbocycles. The summed E-state index contributed by atoms with van der Waals surface area (Å²) < 4.78 is 5.38. The van der Waals surface area contributed by atoms with Crippen molar-refractivity contribution in [2.45, 2.75) is 13.0 Å². The number of halogens is 1. The van der Waals surface area contributed by atoms with E-state index in [1.54, 1.807) is 0 Å². The molecule has 8 heteroatoms. The SMILES string of the molecule is C[C@H]1CN(c2cc(Cl)c(-c3cnc(N4CCOCC4)nc3)cc2N)CCN1C. The van der Waals surface area contributed by atoms with Crippen LogP contribution >= 0.6 is 11.6 Å². The van der Waals surface area contributed by atoms with Gasteiger partial charge >= 0.3 is 0 Å². The topological polar surface area (TPSA) is 70.8 Å². The van der Waals surface area contributed by atoms with Crippen molar-refractivity contribution in [1.82, 2.24) is 14.9 Å². The minimum Gasteiger partial charge on any atom is -0.397 e. The van der Waals surface area contributed by atoms with Crippen LogP contribution in [0.3, 0.4) is 0 Å². The van der Waals surface area contributed by atoms with Gasteiger partial charge < -0.3 is 25.2 Å². The normalized spacial score (nSPS) is 21.2.